The summed E-state index contributed by atoms with van der Waals surface area (Å²) in [4.78, 5) is 0. The van der Waals surface area contributed by atoms with Gasteiger partial charge in [-0.15, -0.1) is 0 Å². The molecule has 76 valence electrons. The van der Waals surface area contributed by atoms with Gasteiger partial charge >= 0.3 is 0 Å². The van der Waals surface area contributed by atoms with Gasteiger partial charge < -0.3 is 4.74 Å². The Hall–Kier alpha value is -1.18. The highest BCUT2D eigenvalue weighted by molar-refractivity contribution is 6.14. The van der Waals surface area contributed by atoms with Crippen LogP contribution in [0.5, 0.6) is 5.75 Å². The summed E-state index contributed by atoms with van der Waals surface area (Å²) < 4.78 is 5.71. The smallest absolute Gasteiger partial charge is 0.122 e. The number of para-hydroxylation sites is 1. The molecule has 1 heterocycles. The van der Waals surface area contributed by atoms with Crippen molar-refractivity contribution in [2.45, 2.75) is 25.6 Å². The minimum atomic E-state index is -0.0284. The van der Waals surface area contributed by atoms with Crippen LogP contribution < -0.4 is 4.74 Å². The summed E-state index contributed by atoms with van der Waals surface area (Å²) >= 11 is 0. The lowest BCUT2D eigenvalue weighted by molar-refractivity contribution is 0.310. The van der Waals surface area contributed by atoms with Crippen molar-refractivity contribution in [1.29, 1.82) is 0 Å². The summed E-state index contributed by atoms with van der Waals surface area (Å²) in [7, 11) is 6.18. The van der Waals surface area contributed by atoms with E-state index in [1.807, 2.05) is 24.3 Å². The maximum absolute atomic E-state index is 6.18. The van der Waals surface area contributed by atoms with E-state index in [2.05, 4.69) is 13.0 Å². The highest BCUT2D eigenvalue weighted by Crippen LogP contribution is 2.30. The zero-order valence-electron chi connectivity index (χ0n) is 9.07. The lowest BCUT2D eigenvalue weighted by Crippen LogP contribution is -2.03. The van der Waals surface area contributed by atoms with Gasteiger partial charge in [-0.05, 0) is 37.2 Å². The largest absolute Gasteiger partial charge is 0.493 e. The van der Waals surface area contributed by atoms with Crippen LogP contribution in [0.3, 0.4) is 0 Å². The molecule has 1 aliphatic rings. The SMILES string of the molecule is [B]C1/C(C)=C\CCCOc2ccccc21. The van der Waals surface area contributed by atoms with Gasteiger partial charge in [0.2, 0.25) is 0 Å². The van der Waals surface area contributed by atoms with Crippen molar-refractivity contribution in [2.24, 2.45) is 0 Å². The molecule has 0 saturated heterocycles. The van der Waals surface area contributed by atoms with Crippen LogP contribution in [0.25, 0.3) is 0 Å². The summed E-state index contributed by atoms with van der Waals surface area (Å²) in [6.45, 7) is 2.86. The van der Waals surface area contributed by atoms with E-state index >= 15 is 0 Å². The molecule has 2 rings (SSSR count). The highest BCUT2D eigenvalue weighted by Gasteiger charge is 2.13. The van der Waals surface area contributed by atoms with Gasteiger partial charge in [0, 0.05) is 0 Å². The van der Waals surface area contributed by atoms with Gasteiger partial charge in [0.25, 0.3) is 0 Å². The molecule has 15 heavy (non-hydrogen) atoms. The van der Waals surface area contributed by atoms with Gasteiger partial charge in [-0.25, -0.2) is 0 Å². The molecular formula is C13H15BO. The zero-order chi connectivity index (χ0) is 10.7. The highest BCUT2D eigenvalue weighted by atomic mass is 16.5. The van der Waals surface area contributed by atoms with Crippen LogP contribution in [0, 0.1) is 0 Å². The van der Waals surface area contributed by atoms with Crippen molar-refractivity contribution < 1.29 is 4.74 Å². The molecule has 2 heteroatoms. The molecule has 0 aromatic heterocycles. The van der Waals surface area contributed by atoms with E-state index in [1.54, 1.807) is 0 Å². The van der Waals surface area contributed by atoms with Crippen LogP contribution in [-0.2, 0) is 0 Å². The maximum Gasteiger partial charge on any atom is 0.122 e. The zero-order valence-corrected chi connectivity index (χ0v) is 9.07. The maximum atomic E-state index is 6.18. The quantitative estimate of drug-likeness (QED) is 0.459. The van der Waals surface area contributed by atoms with E-state index in [-0.39, 0.29) is 5.82 Å². The average molecular weight is 198 g/mol. The first-order valence-electron chi connectivity index (χ1n) is 5.43. The molecule has 0 saturated carbocycles. The van der Waals surface area contributed by atoms with Crippen molar-refractivity contribution in [3.8, 4) is 5.75 Å². The predicted molar refractivity (Wildman–Crippen MR) is 63.4 cm³/mol. The minimum absolute atomic E-state index is 0.0284. The fourth-order valence-electron chi connectivity index (χ4n) is 1.84. The lowest BCUT2D eigenvalue weighted by atomic mass is 9.75. The fourth-order valence-corrected chi connectivity index (χ4v) is 1.84. The third kappa shape index (κ3) is 2.25. The average Bonchev–Trinajstić information content (AvgIpc) is 2.33. The summed E-state index contributed by atoms with van der Waals surface area (Å²) in [5, 5.41) is 0. The van der Waals surface area contributed by atoms with Crippen molar-refractivity contribution >= 4 is 7.85 Å². The summed E-state index contributed by atoms with van der Waals surface area (Å²) in [6.07, 6.45) is 4.32. The molecule has 1 unspecified atom stereocenters. The number of ether oxygens (including phenoxy) is 1. The van der Waals surface area contributed by atoms with Gasteiger partial charge in [-0.2, -0.15) is 0 Å². The molecule has 0 fully saturated rings. The monoisotopic (exact) mass is 198 g/mol. The molecule has 0 amide bonds. The molecule has 1 aromatic carbocycles. The van der Waals surface area contributed by atoms with Crippen molar-refractivity contribution in [2.75, 3.05) is 6.61 Å². The molecule has 0 aliphatic carbocycles. The molecule has 2 radical (unpaired) electrons. The van der Waals surface area contributed by atoms with Crippen LogP contribution in [0.15, 0.2) is 35.9 Å². The Morgan fingerprint density at radius 2 is 2.13 bits per heavy atom. The van der Waals surface area contributed by atoms with E-state index < -0.39 is 0 Å². The second-order valence-electron chi connectivity index (χ2n) is 3.95. The minimum Gasteiger partial charge on any atom is -0.493 e. The van der Waals surface area contributed by atoms with E-state index in [1.165, 1.54) is 5.57 Å². The molecule has 0 N–H and O–H groups in total. The first kappa shape index (κ1) is 10.3. The topological polar surface area (TPSA) is 9.23 Å². The van der Waals surface area contributed by atoms with E-state index in [0.717, 1.165) is 30.8 Å². The Bertz CT molecular complexity index is 371. The van der Waals surface area contributed by atoms with Crippen molar-refractivity contribution in [3.63, 3.8) is 0 Å². The van der Waals surface area contributed by atoms with Crippen molar-refractivity contribution in [3.05, 3.63) is 41.5 Å². The standard InChI is InChI=1S/C13H15BO/c1-10-6-4-5-9-15-12-8-3-2-7-11(12)13(10)14/h2-3,6-8,13H,4-5,9H2,1H3/b10-6-. The molecule has 1 nitrogen and oxygen atoms in total. The number of hydrogen-bond donors (Lipinski definition) is 0. The number of rotatable bonds is 0. The third-order valence-electron chi connectivity index (χ3n) is 2.82. The van der Waals surface area contributed by atoms with Crippen LogP contribution in [0.2, 0.25) is 0 Å². The summed E-state index contributed by atoms with van der Waals surface area (Å²) in [5.41, 5.74) is 2.32. The number of allylic oxidation sites excluding steroid dienone is 2. The first-order chi connectivity index (χ1) is 7.29. The lowest BCUT2D eigenvalue weighted by Gasteiger charge is -2.16. The van der Waals surface area contributed by atoms with E-state index in [4.69, 9.17) is 12.6 Å². The first-order valence-corrected chi connectivity index (χ1v) is 5.43. The molecule has 0 spiro atoms. The predicted octanol–water partition coefficient (Wildman–Crippen LogP) is 3.02. The normalized spacial score (nSPS) is 24.9. The van der Waals surface area contributed by atoms with Crippen LogP contribution in [-0.4, -0.2) is 14.5 Å². The van der Waals surface area contributed by atoms with Gasteiger partial charge in [0.1, 0.15) is 5.75 Å². The van der Waals surface area contributed by atoms with Crippen molar-refractivity contribution in [1.82, 2.24) is 0 Å². The fraction of sp³-hybridized carbons (Fsp3) is 0.385. The molecule has 1 aromatic rings. The second-order valence-corrected chi connectivity index (χ2v) is 3.95. The van der Waals surface area contributed by atoms with Gasteiger partial charge in [-0.1, -0.05) is 29.8 Å². The Morgan fingerprint density at radius 1 is 1.33 bits per heavy atom. The van der Waals surface area contributed by atoms with Gasteiger partial charge in [-0.3, -0.25) is 0 Å². The molecule has 1 atom stereocenters. The third-order valence-corrected chi connectivity index (χ3v) is 2.82. The summed E-state index contributed by atoms with van der Waals surface area (Å²) in [6, 6.07) is 8.03. The molecule has 1 aliphatic heterocycles. The second kappa shape index (κ2) is 4.56. The van der Waals surface area contributed by atoms with Crippen LogP contribution in [0.4, 0.5) is 0 Å². The number of fused-ring (bicyclic) bond motifs is 1. The van der Waals surface area contributed by atoms with E-state index in [0.29, 0.717) is 0 Å². The Morgan fingerprint density at radius 3 is 3.00 bits per heavy atom. The summed E-state index contributed by atoms with van der Waals surface area (Å²) in [5.74, 6) is 0.902. The Kier molecular flexibility index (Phi) is 3.15. The number of benzene rings is 1. The Labute approximate surface area is 92.6 Å². The Balaban J connectivity index is 2.40. The van der Waals surface area contributed by atoms with Gasteiger partial charge in [0.15, 0.2) is 0 Å². The van der Waals surface area contributed by atoms with Gasteiger partial charge in [0.05, 0.1) is 14.5 Å². The van der Waals surface area contributed by atoms with E-state index in [9.17, 15) is 0 Å². The number of hydrogen-bond acceptors (Lipinski definition) is 1. The molecular weight excluding hydrogens is 183 g/mol. The molecule has 0 bridgehead atoms. The van der Waals surface area contributed by atoms with Crippen LogP contribution in [0.1, 0.15) is 31.1 Å². The van der Waals surface area contributed by atoms with Crippen LogP contribution >= 0.6 is 0 Å².